The number of aliphatic carboxylic acids is 1. The van der Waals surface area contributed by atoms with E-state index in [2.05, 4.69) is 67.7 Å². The Hall–Kier alpha value is -0.830. The van der Waals surface area contributed by atoms with E-state index in [9.17, 15) is 4.79 Å². The van der Waals surface area contributed by atoms with Gasteiger partial charge in [0.2, 0.25) is 0 Å². The molecule has 0 heterocycles. The standard InChI is InChI=1S/C20H30O2.Na.H/c1-2-3-4-5-6-7-8-9-10-11-12-13-14-15-16-17-18-19-20(21)22;;/h3-4,6-7,9-10,12-13,15-16H,2,5,8,11,14,17-19H2,1H3,(H,21,22);;/b4-3-,7-6-,10-9-,13-12-,16-15-;;. The van der Waals surface area contributed by atoms with Crippen LogP contribution in [0.3, 0.4) is 0 Å². The maximum atomic E-state index is 10.3. The molecule has 3 heteroatoms. The van der Waals surface area contributed by atoms with E-state index in [-0.39, 0.29) is 36.0 Å². The molecule has 0 aromatic carbocycles. The number of hydrogen-bond acceptors (Lipinski definition) is 1. The third-order valence-corrected chi connectivity index (χ3v) is 2.92. The molecule has 0 rings (SSSR count). The van der Waals surface area contributed by atoms with Gasteiger partial charge in [-0.25, -0.2) is 0 Å². The van der Waals surface area contributed by atoms with Gasteiger partial charge >= 0.3 is 35.5 Å². The van der Waals surface area contributed by atoms with Crippen molar-refractivity contribution < 1.29 is 9.90 Å². The van der Waals surface area contributed by atoms with Gasteiger partial charge in [-0.2, -0.15) is 0 Å². The second-order valence-corrected chi connectivity index (χ2v) is 4.99. The first-order chi connectivity index (χ1) is 10.8. The van der Waals surface area contributed by atoms with Crippen molar-refractivity contribution >= 4 is 35.5 Å². The molecule has 0 aromatic rings. The average molecular weight is 326 g/mol. The Morgan fingerprint density at radius 1 is 0.739 bits per heavy atom. The van der Waals surface area contributed by atoms with Gasteiger partial charge in [-0.15, -0.1) is 0 Å². The summed E-state index contributed by atoms with van der Waals surface area (Å²) >= 11 is 0. The summed E-state index contributed by atoms with van der Waals surface area (Å²) in [5.41, 5.74) is 0. The number of carboxylic acid groups (broad SMARTS) is 1. The zero-order chi connectivity index (χ0) is 16.3. The molecular formula is C20H31NaO2. The van der Waals surface area contributed by atoms with Crippen molar-refractivity contribution in [2.75, 3.05) is 0 Å². The van der Waals surface area contributed by atoms with Crippen molar-refractivity contribution in [2.45, 2.75) is 58.3 Å². The fraction of sp³-hybridized carbons (Fsp3) is 0.450. The van der Waals surface area contributed by atoms with Gasteiger partial charge in [-0.05, 0) is 44.9 Å². The van der Waals surface area contributed by atoms with Crippen molar-refractivity contribution in [1.29, 1.82) is 0 Å². The predicted octanol–water partition coefficient (Wildman–Crippen LogP) is 5.34. The molecule has 0 aliphatic rings. The van der Waals surface area contributed by atoms with Gasteiger partial charge in [0.1, 0.15) is 0 Å². The van der Waals surface area contributed by atoms with E-state index >= 15 is 0 Å². The van der Waals surface area contributed by atoms with E-state index in [1.807, 2.05) is 0 Å². The molecule has 0 amide bonds. The van der Waals surface area contributed by atoms with E-state index in [1.54, 1.807) is 0 Å². The van der Waals surface area contributed by atoms with Crippen LogP contribution in [-0.2, 0) is 4.79 Å². The normalized spacial score (nSPS) is 12.2. The molecule has 0 aromatic heterocycles. The zero-order valence-corrected chi connectivity index (χ0v) is 13.8. The Morgan fingerprint density at radius 3 is 1.52 bits per heavy atom. The topological polar surface area (TPSA) is 37.3 Å². The van der Waals surface area contributed by atoms with Gasteiger partial charge in [0.15, 0.2) is 0 Å². The summed E-state index contributed by atoms with van der Waals surface area (Å²) in [7, 11) is 0. The molecule has 0 saturated heterocycles. The second kappa shape index (κ2) is 21.2. The van der Waals surface area contributed by atoms with Crippen LogP contribution in [0, 0.1) is 0 Å². The average Bonchev–Trinajstić information content (AvgIpc) is 2.50. The molecule has 0 fully saturated rings. The number of carbonyl (C=O) groups is 1. The Balaban J connectivity index is 0. The first-order valence-corrected chi connectivity index (χ1v) is 8.24. The SMILES string of the molecule is CC/C=C\C/C=C\C/C=C\C/C=C\C/C=C\CCCC(=O)O.[NaH]. The molecule has 0 unspecified atom stereocenters. The van der Waals surface area contributed by atoms with Gasteiger partial charge in [0, 0.05) is 6.42 Å². The van der Waals surface area contributed by atoms with Crippen molar-refractivity contribution in [1.82, 2.24) is 0 Å². The van der Waals surface area contributed by atoms with Crippen molar-refractivity contribution in [2.24, 2.45) is 0 Å². The van der Waals surface area contributed by atoms with Crippen LogP contribution in [0.1, 0.15) is 58.3 Å². The van der Waals surface area contributed by atoms with Crippen LogP contribution in [0.5, 0.6) is 0 Å². The van der Waals surface area contributed by atoms with Crippen molar-refractivity contribution in [3.8, 4) is 0 Å². The molecule has 0 bridgehead atoms. The van der Waals surface area contributed by atoms with Crippen LogP contribution in [0.25, 0.3) is 0 Å². The maximum absolute atomic E-state index is 10.3. The van der Waals surface area contributed by atoms with Gasteiger partial charge in [0.05, 0.1) is 0 Å². The van der Waals surface area contributed by atoms with Crippen molar-refractivity contribution in [3.63, 3.8) is 0 Å². The minimum absolute atomic E-state index is 0. The predicted molar refractivity (Wildman–Crippen MR) is 103 cm³/mol. The first-order valence-electron chi connectivity index (χ1n) is 8.24. The van der Waals surface area contributed by atoms with Crippen LogP contribution in [0.15, 0.2) is 60.8 Å². The fourth-order valence-corrected chi connectivity index (χ4v) is 1.74. The summed E-state index contributed by atoms with van der Waals surface area (Å²) in [6, 6.07) is 0. The van der Waals surface area contributed by atoms with Gasteiger partial charge in [-0.3, -0.25) is 4.79 Å². The molecule has 0 saturated carbocycles. The molecular weight excluding hydrogens is 295 g/mol. The molecule has 0 atom stereocenters. The molecule has 0 aliphatic heterocycles. The number of carboxylic acids is 1. The molecule has 0 radical (unpaired) electrons. The summed E-state index contributed by atoms with van der Waals surface area (Å²) in [6.45, 7) is 2.14. The number of rotatable bonds is 13. The quantitative estimate of drug-likeness (QED) is 0.282. The van der Waals surface area contributed by atoms with Gasteiger partial charge in [-0.1, -0.05) is 67.7 Å². The Morgan fingerprint density at radius 2 is 1.13 bits per heavy atom. The molecule has 0 aliphatic carbocycles. The number of allylic oxidation sites excluding steroid dienone is 10. The zero-order valence-electron chi connectivity index (χ0n) is 13.8. The van der Waals surface area contributed by atoms with E-state index in [4.69, 9.17) is 5.11 Å². The number of hydrogen-bond donors (Lipinski definition) is 1. The van der Waals surface area contributed by atoms with Gasteiger partial charge in [0.25, 0.3) is 0 Å². The fourth-order valence-electron chi connectivity index (χ4n) is 1.74. The van der Waals surface area contributed by atoms with E-state index in [0.717, 1.165) is 44.9 Å². The van der Waals surface area contributed by atoms with E-state index in [0.29, 0.717) is 0 Å². The van der Waals surface area contributed by atoms with Crippen LogP contribution in [0.2, 0.25) is 0 Å². The summed E-state index contributed by atoms with van der Waals surface area (Å²) < 4.78 is 0. The minimum atomic E-state index is -0.715. The Bertz CT molecular complexity index is 404. The number of unbranched alkanes of at least 4 members (excludes halogenated alkanes) is 1. The van der Waals surface area contributed by atoms with Crippen LogP contribution >= 0.6 is 0 Å². The Labute approximate surface area is 164 Å². The summed E-state index contributed by atoms with van der Waals surface area (Å²) in [6.07, 6.45) is 28.4. The van der Waals surface area contributed by atoms with Crippen molar-refractivity contribution in [3.05, 3.63) is 60.8 Å². The molecule has 0 spiro atoms. The summed E-state index contributed by atoms with van der Waals surface area (Å²) in [5.74, 6) is -0.715. The molecule has 1 N–H and O–H groups in total. The molecule has 124 valence electrons. The van der Waals surface area contributed by atoms with Crippen LogP contribution in [0.4, 0.5) is 0 Å². The summed E-state index contributed by atoms with van der Waals surface area (Å²) in [4.78, 5) is 10.3. The Kier molecular flexibility index (Phi) is 22.5. The molecule has 23 heavy (non-hydrogen) atoms. The first kappa shape index (κ1) is 24.4. The second-order valence-electron chi connectivity index (χ2n) is 4.99. The van der Waals surface area contributed by atoms with E-state index < -0.39 is 5.97 Å². The third-order valence-electron chi connectivity index (χ3n) is 2.92. The monoisotopic (exact) mass is 326 g/mol. The summed E-state index contributed by atoms with van der Waals surface area (Å²) in [5, 5.41) is 8.49. The van der Waals surface area contributed by atoms with Crippen LogP contribution in [-0.4, -0.2) is 40.6 Å². The molecule has 2 nitrogen and oxygen atoms in total. The van der Waals surface area contributed by atoms with Crippen LogP contribution < -0.4 is 0 Å². The van der Waals surface area contributed by atoms with Gasteiger partial charge < -0.3 is 5.11 Å². The third kappa shape index (κ3) is 23.6. The van der Waals surface area contributed by atoms with E-state index in [1.165, 1.54) is 0 Å².